The molecule has 0 radical (unpaired) electrons. The topological polar surface area (TPSA) is 65.5 Å². The summed E-state index contributed by atoms with van der Waals surface area (Å²) < 4.78 is 26.7. The van der Waals surface area contributed by atoms with Gasteiger partial charge in [-0.15, -0.1) is 0 Å². The van der Waals surface area contributed by atoms with Crippen molar-refractivity contribution in [3.8, 4) is 0 Å². The lowest BCUT2D eigenvalue weighted by Gasteiger charge is -2.18. The maximum atomic E-state index is 13.7. The number of halogens is 2. The van der Waals surface area contributed by atoms with Gasteiger partial charge in [-0.25, -0.2) is 18.6 Å². The van der Waals surface area contributed by atoms with Crippen molar-refractivity contribution in [2.45, 2.75) is 13.5 Å². The third-order valence-electron chi connectivity index (χ3n) is 5.10. The fourth-order valence-electron chi connectivity index (χ4n) is 3.31. The van der Waals surface area contributed by atoms with Gasteiger partial charge >= 0.3 is 6.03 Å². The van der Waals surface area contributed by atoms with Gasteiger partial charge in [0.15, 0.2) is 0 Å². The van der Waals surface area contributed by atoms with Gasteiger partial charge in [-0.3, -0.25) is 9.69 Å². The second kappa shape index (κ2) is 8.51. The summed E-state index contributed by atoms with van der Waals surface area (Å²) in [5.74, 6) is -0.747. The number of hydrogen-bond donors (Lipinski definition) is 1. The van der Waals surface area contributed by atoms with Gasteiger partial charge in [-0.2, -0.15) is 0 Å². The molecule has 1 aromatic heterocycles. The molecule has 3 amide bonds. The molecule has 158 valence electrons. The summed E-state index contributed by atoms with van der Waals surface area (Å²) in [6.45, 7) is 3.01. The van der Waals surface area contributed by atoms with E-state index in [1.54, 1.807) is 53.1 Å². The average Bonchev–Trinajstić information content (AvgIpc) is 3.12. The van der Waals surface area contributed by atoms with Gasteiger partial charge in [-0.05, 0) is 54.4 Å². The molecule has 2 aromatic carbocycles. The highest BCUT2D eigenvalue weighted by atomic mass is 19.1. The summed E-state index contributed by atoms with van der Waals surface area (Å²) in [4.78, 5) is 32.5. The highest BCUT2D eigenvalue weighted by molar-refractivity contribution is 6.04. The van der Waals surface area contributed by atoms with Crippen LogP contribution in [-0.4, -0.2) is 34.9 Å². The number of aryl methyl sites for hydroxylation is 1. The largest absolute Gasteiger partial charge is 0.326 e. The first-order valence-electron chi connectivity index (χ1n) is 9.75. The zero-order chi connectivity index (χ0) is 22.0. The third-order valence-corrected chi connectivity index (χ3v) is 5.10. The first kappa shape index (κ1) is 20.5. The van der Waals surface area contributed by atoms with Crippen molar-refractivity contribution in [2.75, 3.05) is 23.3 Å². The van der Waals surface area contributed by atoms with E-state index in [9.17, 15) is 18.4 Å². The molecular formula is C23H20F2N4O2. The van der Waals surface area contributed by atoms with Gasteiger partial charge < -0.3 is 10.2 Å². The molecule has 1 aliphatic heterocycles. The van der Waals surface area contributed by atoms with E-state index in [1.165, 1.54) is 24.4 Å². The van der Waals surface area contributed by atoms with Crippen molar-refractivity contribution >= 4 is 23.4 Å². The van der Waals surface area contributed by atoms with Crippen LogP contribution in [-0.2, 0) is 6.54 Å². The summed E-state index contributed by atoms with van der Waals surface area (Å²) in [5, 5.41) is 2.67. The normalized spacial score (nSPS) is 13.6. The van der Waals surface area contributed by atoms with Crippen molar-refractivity contribution in [1.82, 2.24) is 9.88 Å². The van der Waals surface area contributed by atoms with Crippen molar-refractivity contribution in [3.63, 3.8) is 0 Å². The number of aromatic nitrogens is 1. The molecule has 4 rings (SSSR count). The van der Waals surface area contributed by atoms with Gasteiger partial charge in [0.2, 0.25) is 0 Å². The number of benzene rings is 2. The van der Waals surface area contributed by atoms with E-state index in [-0.39, 0.29) is 17.4 Å². The lowest BCUT2D eigenvalue weighted by atomic mass is 10.1. The Hall–Kier alpha value is -3.81. The van der Waals surface area contributed by atoms with Crippen molar-refractivity contribution in [3.05, 3.63) is 89.1 Å². The molecule has 1 saturated heterocycles. The standard InChI is InChI=1S/C23H20F2N4O2/c1-15-2-5-17(12-20(15)25)22(30)27-19-8-9-21(26-13-19)29-11-10-28(23(29)31)14-16-3-6-18(24)7-4-16/h2-9,12-13H,10-11,14H2,1H3,(H,27,30). The predicted molar refractivity (Wildman–Crippen MR) is 113 cm³/mol. The zero-order valence-electron chi connectivity index (χ0n) is 16.8. The number of nitrogens with zero attached hydrogens (tertiary/aromatic N) is 3. The number of carbonyl (C=O) groups is 2. The van der Waals surface area contributed by atoms with Gasteiger partial charge in [-0.1, -0.05) is 18.2 Å². The predicted octanol–water partition coefficient (Wildman–Crippen LogP) is 4.36. The highest BCUT2D eigenvalue weighted by Gasteiger charge is 2.30. The van der Waals surface area contributed by atoms with Crippen LogP contribution in [0.25, 0.3) is 0 Å². The molecule has 0 aliphatic carbocycles. The summed E-state index contributed by atoms with van der Waals surface area (Å²) in [6, 6.07) is 13.4. The van der Waals surface area contributed by atoms with Gasteiger partial charge in [0, 0.05) is 25.2 Å². The summed E-state index contributed by atoms with van der Waals surface area (Å²) >= 11 is 0. The Kier molecular flexibility index (Phi) is 5.62. The average molecular weight is 422 g/mol. The van der Waals surface area contributed by atoms with Crippen LogP contribution in [0.15, 0.2) is 60.8 Å². The number of anilines is 2. The Morgan fingerprint density at radius 2 is 1.84 bits per heavy atom. The molecule has 0 spiro atoms. The van der Waals surface area contributed by atoms with E-state index in [0.717, 1.165) is 5.56 Å². The second-order valence-corrected chi connectivity index (χ2v) is 7.31. The minimum Gasteiger partial charge on any atom is -0.321 e. The van der Waals surface area contributed by atoms with Crippen molar-refractivity contribution in [1.29, 1.82) is 0 Å². The van der Waals surface area contributed by atoms with Crippen LogP contribution in [0.3, 0.4) is 0 Å². The van der Waals surface area contributed by atoms with Crippen LogP contribution >= 0.6 is 0 Å². The smallest absolute Gasteiger partial charge is 0.321 e. The quantitative estimate of drug-likeness (QED) is 0.664. The van der Waals surface area contributed by atoms with E-state index < -0.39 is 11.7 Å². The van der Waals surface area contributed by atoms with Crippen molar-refractivity contribution in [2.24, 2.45) is 0 Å². The summed E-state index contributed by atoms with van der Waals surface area (Å²) in [5.41, 5.74) is 1.95. The van der Waals surface area contributed by atoms with Crippen LogP contribution in [0.1, 0.15) is 21.5 Å². The lowest BCUT2D eigenvalue weighted by Crippen LogP contribution is -2.31. The molecule has 1 aliphatic rings. The monoisotopic (exact) mass is 422 g/mol. The molecule has 0 bridgehead atoms. The van der Waals surface area contributed by atoms with E-state index in [2.05, 4.69) is 10.3 Å². The van der Waals surface area contributed by atoms with Gasteiger partial charge in [0.1, 0.15) is 17.5 Å². The second-order valence-electron chi connectivity index (χ2n) is 7.31. The zero-order valence-corrected chi connectivity index (χ0v) is 16.8. The maximum Gasteiger partial charge on any atom is 0.326 e. The first-order valence-corrected chi connectivity index (χ1v) is 9.75. The van der Waals surface area contributed by atoms with E-state index >= 15 is 0 Å². The molecule has 6 nitrogen and oxygen atoms in total. The van der Waals surface area contributed by atoms with Crippen LogP contribution in [0.2, 0.25) is 0 Å². The van der Waals surface area contributed by atoms with E-state index in [0.29, 0.717) is 36.7 Å². The highest BCUT2D eigenvalue weighted by Crippen LogP contribution is 2.21. The molecule has 0 saturated carbocycles. The number of urea groups is 1. The number of hydrogen-bond acceptors (Lipinski definition) is 3. The maximum absolute atomic E-state index is 13.7. The lowest BCUT2D eigenvalue weighted by molar-refractivity contribution is 0.102. The Bertz CT molecular complexity index is 1120. The molecule has 1 N–H and O–H groups in total. The number of carbonyl (C=O) groups excluding carboxylic acids is 2. The van der Waals surface area contributed by atoms with Crippen LogP contribution in [0, 0.1) is 18.6 Å². The minimum absolute atomic E-state index is 0.191. The fourth-order valence-corrected chi connectivity index (χ4v) is 3.31. The number of amides is 3. The molecule has 31 heavy (non-hydrogen) atoms. The summed E-state index contributed by atoms with van der Waals surface area (Å²) in [6.07, 6.45) is 1.45. The minimum atomic E-state index is -0.448. The Morgan fingerprint density at radius 3 is 2.52 bits per heavy atom. The first-order chi connectivity index (χ1) is 14.9. The van der Waals surface area contributed by atoms with Gasteiger partial charge in [0.25, 0.3) is 5.91 Å². The third kappa shape index (κ3) is 4.53. The Morgan fingerprint density at radius 1 is 1.06 bits per heavy atom. The fraction of sp³-hybridized carbons (Fsp3) is 0.174. The molecular weight excluding hydrogens is 402 g/mol. The molecule has 0 atom stereocenters. The number of nitrogens with one attached hydrogen (secondary N) is 1. The molecule has 0 unspecified atom stereocenters. The van der Waals surface area contributed by atoms with Gasteiger partial charge in [0.05, 0.1) is 11.9 Å². The Labute approximate surface area is 178 Å². The summed E-state index contributed by atoms with van der Waals surface area (Å²) in [7, 11) is 0. The Balaban J connectivity index is 1.39. The van der Waals surface area contributed by atoms with E-state index in [4.69, 9.17) is 0 Å². The van der Waals surface area contributed by atoms with Crippen LogP contribution in [0.5, 0.6) is 0 Å². The van der Waals surface area contributed by atoms with Crippen LogP contribution < -0.4 is 10.2 Å². The number of pyridine rings is 1. The molecule has 3 aromatic rings. The number of rotatable bonds is 5. The van der Waals surface area contributed by atoms with Crippen LogP contribution in [0.4, 0.5) is 25.1 Å². The van der Waals surface area contributed by atoms with Crippen molar-refractivity contribution < 1.29 is 18.4 Å². The molecule has 1 fully saturated rings. The van der Waals surface area contributed by atoms with E-state index in [1.807, 2.05) is 0 Å². The molecule has 2 heterocycles. The molecule has 8 heteroatoms. The SMILES string of the molecule is Cc1ccc(C(=O)Nc2ccc(N3CCN(Cc4ccc(F)cc4)C3=O)nc2)cc1F.